The van der Waals surface area contributed by atoms with Crippen molar-refractivity contribution in [3.05, 3.63) is 77.9 Å². The van der Waals surface area contributed by atoms with Crippen molar-refractivity contribution in [2.45, 2.75) is 53.9 Å². The fourth-order valence-electron chi connectivity index (χ4n) is 4.03. The molecule has 4 aromatic rings. The third-order valence-corrected chi connectivity index (χ3v) is 8.04. The Kier molecular flexibility index (Phi) is 6.61. The maximum Gasteiger partial charge on any atom is 0.282 e. The van der Waals surface area contributed by atoms with Crippen LogP contribution in [0.15, 0.2) is 38.6 Å². The largest absolute Gasteiger partial charge is 0.308 e. The summed E-state index contributed by atoms with van der Waals surface area (Å²) >= 11 is 5.07. The summed E-state index contributed by atoms with van der Waals surface area (Å²) < 4.78 is 4.34. The van der Waals surface area contributed by atoms with Crippen LogP contribution in [0.25, 0.3) is 15.9 Å². The average Bonchev–Trinajstić information content (AvgIpc) is 3.25. The van der Waals surface area contributed by atoms with Crippen molar-refractivity contribution in [2.24, 2.45) is 5.10 Å². The summed E-state index contributed by atoms with van der Waals surface area (Å²) in [6, 6.07) is 9.92. The fraction of sp³-hybridized carbons (Fsp3) is 0.308. The number of hydrogen-bond acceptors (Lipinski definition) is 5. The number of halogens is 1. The van der Waals surface area contributed by atoms with E-state index in [1.807, 2.05) is 45.9 Å². The Balaban J connectivity index is 1.87. The first kappa shape index (κ1) is 24.1. The molecule has 8 heteroatoms. The van der Waals surface area contributed by atoms with Gasteiger partial charge in [-0.3, -0.25) is 4.79 Å². The highest BCUT2D eigenvalue weighted by Crippen LogP contribution is 2.33. The Morgan fingerprint density at radius 2 is 2.00 bits per heavy atom. The number of benzene rings is 1. The molecule has 6 nitrogen and oxygen atoms in total. The van der Waals surface area contributed by atoms with Gasteiger partial charge in [-0.05, 0) is 63.9 Å². The molecule has 3 aromatic heterocycles. The van der Waals surface area contributed by atoms with Crippen LogP contribution in [-0.2, 0) is 0 Å². The molecule has 0 aliphatic carbocycles. The van der Waals surface area contributed by atoms with Crippen LogP contribution in [0.2, 0.25) is 0 Å². The Morgan fingerprint density at radius 3 is 2.68 bits per heavy atom. The number of aryl methyl sites for hydroxylation is 2. The molecule has 0 aliphatic heterocycles. The Hall–Kier alpha value is -3.02. The van der Waals surface area contributed by atoms with Gasteiger partial charge in [-0.1, -0.05) is 29.8 Å². The lowest BCUT2D eigenvalue weighted by atomic mass is 10.1. The highest BCUT2D eigenvalue weighted by atomic mass is 79.9. The van der Waals surface area contributed by atoms with Crippen LogP contribution in [0.1, 0.15) is 65.0 Å². The van der Waals surface area contributed by atoms with E-state index in [1.165, 1.54) is 4.68 Å². The van der Waals surface area contributed by atoms with Gasteiger partial charge >= 0.3 is 0 Å². The van der Waals surface area contributed by atoms with Gasteiger partial charge < -0.3 is 4.57 Å². The molecule has 0 spiro atoms. The number of fused-ring (bicyclic) bond motifs is 1. The summed E-state index contributed by atoms with van der Waals surface area (Å²) in [5.74, 6) is 0.712. The second-order valence-corrected chi connectivity index (χ2v) is 10.7. The van der Waals surface area contributed by atoms with Crippen LogP contribution >= 0.6 is 27.3 Å². The van der Waals surface area contributed by atoms with E-state index < -0.39 is 0 Å². The van der Waals surface area contributed by atoms with Crippen LogP contribution in [0, 0.1) is 39.0 Å². The van der Waals surface area contributed by atoms with E-state index in [9.17, 15) is 10.1 Å². The van der Waals surface area contributed by atoms with E-state index >= 15 is 0 Å². The normalized spacial score (nSPS) is 12.5. The molecule has 0 fully saturated rings. The van der Waals surface area contributed by atoms with E-state index in [0.717, 1.165) is 43.3 Å². The van der Waals surface area contributed by atoms with E-state index in [0.29, 0.717) is 22.3 Å². The van der Waals surface area contributed by atoms with Gasteiger partial charge in [-0.25, -0.2) is 4.98 Å². The lowest BCUT2D eigenvalue weighted by Crippen LogP contribution is -2.23. The minimum absolute atomic E-state index is 0.0700. The van der Waals surface area contributed by atoms with Crippen molar-refractivity contribution < 1.29 is 0 Å². The molecule has 4 rings (SSSR count). The van der Waals surface area contributed by atoms with Gasteiger partial charge in [-0.2, -0.15) is 15.0 Å². The zero-order valence-electron chi connectivity index (χ0n) is 20.1. The topological polar surface area (TPSA) is 76.0 Å². The minimum Gasteiger partial charge on any atom is -0.308 e. The SMILES string of the molecule is CC[C@H](C)c1nc2ccc(Br)cc2c(=O)n1N=Cc1cc(C)n(-c2sc(C)c(C)c2C#N)c1C. The molecule has 0 radical (unpaired) electrons. The predicted molar refractivity (Wildman–Crippen MR) is 143 cm³/mol. The smallest absolute Gasteiger partial charge is 0.282 e. The lowest BCUT2D eigenvalue weighted by Gasteiger charge is -2.14. The number of nitrogens with zero attached hydrogens (tertiary/aromatic N) is 5. The number of aromatic nitrogens is 3. The Morgan fingerprint density at radius 1 is 1.26 bits per heavy atom. The number of nitriles is 1. The zero-order chi connectivity index (χ0) is 24.7. The van der Waals surface area contributed by atoms with Gasteiger partial charge in [0, 0.05) is 32.2 Å². The van der Waals surface area contributed by atoms with Crippen molar-refractivity contribution >= 4 is 44.4 Å². The summed E-state index contributed by atoms with van der Waals surface area (Å²) in [5, 5.41) is 15.8. The van der Waals surface area contributed by atoms with Gasteiger partial charge in [0.1, 0.15) is 16.9 Å². The van der Waals surface area contributed by atoms with Gasteiger partial charge in [0.05, 0.1) is 22.7 Å². The number of thiophene rings is 1. The second-order valence-electron chi connectivity index (χ2n) is 8.54. The summed E-state index contributed by atoms with van der Waals surface area (Å²) in [5.41, 5.74) is 5.06. The monoisotopic (exact) mass is 535 g/mol. The molecule has 174 valence electrons. The van der Waals surface area contributed by atoms with Crippen molar-refractivity contribution in [3.63, 3.8) is 0 Å². The van der Waals surface area contributed by atoms with Crippen LogP contribution in [0.5, 0.6) is 0 Å². The summed E-state index contributed by atoms with van der Waals surface area (Å²) in [4.78, 5) is 19.3. The summed E-state index contributed by atoms with van der Waals surface area (Å²) in [6.45, 7) is 12.2. The van der Waals surface area contributed by atoms with Crippen molar-refractivity contribution in [2.75, 3.05) is 0 Å². The molecule has 0 bridgehead atoms. The molecule has 1 aromatic carbocycles. The van der Waals surface area contributed by atoms with Gasteiger partial charge in [0.15, 0.2) is 0 Å². The molecule has 3 heterocycles. The Bertz CT molecular complexity index is 1550. The molecular formula is C26H26BrN5OS. The maximum atomic E-state index is 13.4. The van der Waals surface area contributed by atoms with Crippen LogP contribution in [-0.4, -0.2) is 20.4 Å². The lowest BCUT2D eigenvalue weighted by molar-refractivity contribution is 0.613. The first-order valence-electron chi connectivity index (χ1n) is 11.1. The molecule has 0 N–H and O–H groups in total. The van der Waals surface area contributed by atoms with Gasteiger partial charge in [0.2, 0.25) is 0 Å². The molecule has 1 atom stereocenters. The van der Waals surface area contributed by atoms with Crippen molar-refractivity contribution in [1.29, 1.82) is 5.26 Å². The van der Waals surface area contributed by atoms with Gasteiger partial charge in [-0.15, -0.1) is 11.3 Å². The number of rotatable bonds is 5. The molecule has 0 saturated carbocycles. The average molecular weight is 536 g/mol. The van der Waals surface area contributed by atoms with E-state index in [1.54, 1.807) is 23.6 Å². The van der Waals surface area contributed by atoms with E-state index in [2.05, 4.69) is 45.5 Å². The van der Waals surface area contributed by atoms with Crippen molar-refractivity contribution in [1.82, 2.24) is 14.2 Å². The predicted octanol–water partition coefficient (Wildman–Crippen LogP) is 6.51. The third kappa shape index (κ3) is 4.04. The summed E-state index contributed by atoms with van der Waals surface area (Å²) in [7, 11) is 0. The molecule has 0 unspecified atom stereocenters. The van der Waals surface area contributed by atoms with Crippen LogP contribution < -0.4 is 5.56 Å². The van der Waals surface area contributed by atoms with Gasteiger partial charge in [0.25, 0.3) is 5.56 Å². The minimum atomic E-state index is -0.192. The molecular weight excluding hydrogens is 510 g/mol. The zero-order valence-corrected chi connectivity index (χ0v) is 22.5. The van der Waals surface area contributed by atoms with E-state index in [4.69, 9.17) is 4.98 Å². The number of hydrogen-bond donors (Lipinski definition) is 0. The molecule has 0 saturated heterocycles. The van der Waals surface area contributed by atoms with E-state index in [-0.39, 0.29) is 11.5 Å². The van der Waals surface area contributed by atoms with Crippen LogP contribution in [0.4, 0.5) is 0 Å². The first-order valence-corrected chi connectivity index (χ1v) is 12.7. The standard InChI is InChI=1S/C26H26BrN5OS/c1-7-14(2)24-30-23-9-8-20(27)11-21(23)25(33)32(24)29-13-19-10-15(3)31(17(19)5)26-22(12-28)16(4)18(6)34-26/h8-11,13-14H,7H2,1-6H3/t14-/m0/s1. The fourth-order valence-corrected chi connectivity index (χ4v) is 5.61. The molecule has 34 heavy (non-hydrogen) atoms. The highest BCUT2D eigenvalue weighted by Gasteiger charge is 2.19. The first-order chi connectivity index (χ1) is 16.2. The quantitative estimate of drug-likeness (QED) is 0.273. The van der Waals surface area contributed by atoms with Crippen LogP contribution in [0.3, 0.4) is 0 Å². The maximum absolute atomic E-state index is 13.4. The second kappa shape index (κ2) is 9.32. The summed E-state index contributed by atoms with van der Waals surface area (Å²) in [6.07, 6.45) is 2.56. The molecule has 0 aliphatic rings. The third-order valence-electron chi connectivity index (χ3n) is 6.35. The Labute approximate surface area is 211 Å². The highest BCUT2D eigenvalue weighted by molar-refractivity contribution is 9.10. The van der Waals surface area contributed by atoms with Crippen molar-refractivity contribution in [3.8, 4) is 11.1 Å². The molecule has 0 amide bonds.